The fourth-order valence-corrected chi connectivity index (χ4v) is 2.21. The quantitative estimate of drug-likeness (QED) is 0.853. The van der Waals surface area contributed by atoms with E-state index in [9.17, 15) is 26.3 Å². The summed E-state index contributed by atoms with van der Waals surface area (Å²) in [5.74, 6) is 0.185. The van der Waals surface area contributed by atoms with Crippen molar-refractivity contribution in [1.29, 1.82) is 0 Å². The van der Waals surface area contributed by atoms with Gasteiger partial charge in [0.2, 0.25) is 0 Å². The van der Waals surface area contributed by atoms with E-state index in [1.54, 1.807) is 0 Å². The fraction of sp³-hybridized carbons (Fsp3) is 0.700. The van der Waals surface area contributed by atoms with E-state index in [1.807, 2.05) is 13.8 Å². The predicted octanol–water partition coefficient (Wildman–Crippen LogP) is 3.93. The van der Waals surface area contributed by atoms with Gasteiger partial charge in [0.15, 0.2) is 10.7 Å². The molecular weight excluding hydrogens is 294 g/mol. The highest BCUT2D eigenvalue weighted by Gasteiger charge is 2.42. The standard InChI is InChI=1S/C10H12F6N2S/c1-5(2)3-17-4-6-7(9(11,12)13)18-8(19-6)10(14,15)16/h5,17H,3-4H2,1-2H3. The van der Waals surface area contributed by atoms with Gasteiger partial charge in [0.1, 0.15) is 0 Å². The number of halogens is 6. The van der Waals surface area contributed by atoms with Gasteiger partial charge in [0.05, 0.1) is 4.88 Å². The Morgan fingerprint density at radius 3 is 2.11 bits per heavy atom. The average Bonchev–Trinajstić information content (AvgIpc) is 2.59. The molecule has 0 aliphatic rings. The number of hydrogen-bond donors (Lipinski definition) is 1. The molecule has 0 saturated heterocycles. The maximum atomic E-state index is 12.6. The number of nitrogens with zero attached hydrogens (tertiary/aromatic N) is 1. The van der Waals surface area contributed by atoms with E-state index in [2.05, 4.69) is 10.3 Å². The van der Waals surface area contributed by atoms with E-state index in [-0.39, 0.29) is 23.8 Å². The van der Waals surface area contributed by atoms with Gasteiger partial charge in [-0.15, -0.1) is 11.3 Å². The van der Waals surface area contributed by atoms with Crippen LogP contribution in [-0.2, 0) is 18.9 Å². The minimum atomic E-state index is -4.88. The highest BCUT2D eigenvalue weighted by molar-refractivity contribution is 7.11. The van der Waals surface area contributed by atoms with Gasteiger partial charge in [0, 0.05) is 6.54 Å². The molecule has 0 aromatic carbocycles. The first kappa shape index (κ1) is 16.2. The SMILES string of the molecule is CC(C)CNCc1sc(C(F)(F)F)nc1C(F)(F)F. The summed E-state index contributed by atoms with van der Waals surface area (Å²) in [6, 6.07) is 0. The monoisotopic (exact) mass is 306 g/mol. The highest BCUT2D eigenvalue weighted by atomic mass is 32.1. The van der Waals surface area contributed by atoms with Crippen LogP contribution >= 0.6 is 11.3 Å². The second-order valence-corrected chi connectivity index (χ2v) is 5.39. The van der Waals surface area contributed by atoms with Gasteiger partial charge < -0.3 is 5.32 Å². The molecule has 110 valence electrons. The van der Waals surface area contributed by atoms with E-state index in [4.69, 9.17) is 0 Å². The number of rotatable bonds is 4. The molecule has 9 heteroatoms. The third kappa shape index (κ3) is 4.64. The van der Waals surface area contributed by atoms with Crippen LogP contribution in [0.25, 0.3) is 0 Å². The first-order valence-electron chi connectivity index (χ1n) is 5.36. The minimum Gasteiger partial charge on any atom is -0.312 e. The Balaban J connectivity index is 2.97. The van der Waals surface area contributed by atoms with Gasteiger partial charge in [0.25, 0.3) is 0 Å². The summed E-state index contributed by atoms with van der Waals surface area (Å²) in [5.41, 5.74) is -1.46. The van der Waals surface area contributed by atoms with E-state index in [0.717, 1.165) is 0 Å². The summed E-state index contributed by atoms with van der Waals surface area (Å²) in [6.07, 6.45) is -9.74. The van der Waals surface area contributed by atoms with Crippen LogP contribution in [0.15, 0.2) is 0 Å². The van der Waals surface area contributed by atoms with Gasteiger partial charge in [-0.2, -0.15) is 26.3 Å². The lowest BCUT2D eigenvalue weighted by Gasteiger charge is -2.08. The molecular formula is C10H12F6N2S. The zero-order valence-corrected chi connectivity index (χ0v) is 10.9. The molecule has 0 spiro atoms. The molecule has 0 amide bonds. The second-order valence-electron chi connectivity index (χ2n) is 4.31. The normalized spacial score (nSPS) is 13.3. The summed E-state index contributed by atoms with van der Waals surface area (Å²) in [5, 5.41) is 1.21. The average molecular weight is 306 g/mol. The van der Waals surface area contributed by atoms with Crippen molar-refractivity contribution in [2.45, 2.75) is 32.7 Å². The van der Waals surface area contributed by atoms with E-state index in [0.29, 0.717) is 6.54 Å². The van der Waals surface area contributed by atoms with Crippen molar-refractivity contribution in [2.24, 2.45) is 5.92 Å². The Morgan fingerprint density at radius 2 is 1.68 bits per heavy atom. The number of hydrogen-bond acceptors (Lipinski definition) is 3. The van der Waals surface area contributed by atoms with Gasteiger partial charge in [-0.1, -0.05) is 13.8 Å². The van der Waals surface area contributed by atoms with Crippen LogP contribution < -0.4 is 5.32 Å². The van der Waals surface area contributed by atoms with E-state index in [1.165, 1.54) is 0 Å². The first-order valence-corrected chi connectivity index (χ1v) is 6.18. The summed E-state index contributed by atoms with van der Waals surface area (Å²) in [4.78, 5) is 2.24. The van der Waals surface area contributed by atoms with Crippen molar-refractivity contribution in [3.8, 4) is 0 Å². The molecule has 1 N–H and O–H groups in total. The van der Waals surface area contributed by atoms with Gasteiger partial charge in [-0.25, -0.2) is 4.98 Å². The van der Waals surface area contributed by atoms with Gasteiger partial charge in [-0.3, -0.25) is 0 Å². The molecule has 0 aliphatic carbocycles. The zero-order valence-electron chi connectivity index (χ0n) is 10.1. The third-order valence-electron chi connectivity index (χ3n) is 2.05. The molecule has 0 fully saturated rings. The number of aromatic nitrogens is 1. The largest absolute Gasteiger partial charge is 0.443 e. The molecule has 1 heterocycles. The predicted molar refractivity (Wildman–Crippen MR) is 58.7 cm³/mol. The van der Waals surface area contributed by atoms with Crippen LogP contribution in [0, 0.1) is 5.92 Å². The Kier molecular flexibility index (Phi) is 4.83. The molecule has 0 unspecified atom stereocenters. The van der Waals surface area contributed by atoms with Crippen molar-refractivity contribution in [3.63, 3.8) is 0 Å². The van der Waals surface area contributed by atoms with Crippen molar-refractivity contribution >= 4 is 11.3 Å². The van der Waals surface area contributed by atoms with Crippen LogP contribution in [0.4, 0.5) is 26.3 Å². The molecule has 0 saturated carbocycles. The van der Waals surface area contributed by atoms with Crippen molar-refractivity contribution in [1.82, 2.24) is 10.3 Å². The minimum absolute atomic E-state index is 0.0264. The highest BCUT2D eigenvalue weighted by Crippen LogP contribution is 2.39. The summed E-state index contributed by atoms with van der Waals surface area (Å²) >= 11 is 0.0264. The third-order valence-corrected chi connectivity index (χ3v) is 3.15. The van der Waals surface area contributed by atoms with Crippen molar-refractivity contribution < 1.29 is 26.3 Å². The van der Waals surface area contributed by atoms with Gasteiger partial charge >= 0.3 is 12.4 Å². The van der Waals surface area contributed by atoms with Crippen LogP contribution in [0.3, 0.4) is 0 Å². The molecule has 19 heavy (non-hydrogen) atoms. The lowest BCUT2D eigenvalue weighted by Crippen LogP contribution is -2.20. The van der Waals surface area contributed by atoms with Gasteiger partial charge in [-0.05, 0) is 12.5 Å². The Morgan fingerprint density at radius 1 is 1.11 bits per heavy atom. The Hall–Kier alpha value is -0.830. The molecule has 1 rings (SSSR count). The van der Waals surface area contributed by atoms with E-state index >= 15 is 0 Å². The van der Waals surface area contributed by atoms with Crippen LogP contribution in [0.2, 0.25) is 0 Å². The van der Waals surface area contributed by atoms with Crippen LogP contribution in [0.5, 0.6) is 0 Å². The molecule has 0 aliphatic heterocycles. The smallest absolute Gasteiger partial charge is 0.312 e. The number of nitrogens with one attached hydrogen (secondary N) is 1. The molecule has 0 radical (unpaired) electrons. The fourth-order valence-electron chi connectivity index (χ4n) is 1.29. The Bertz CT molecular complexity index is 421. The Labute approximate surface area is 109 Å². The summed E-state index contributed by atoms with van der Waals surface area (Å²) in [6.45, 7) is 3.81. The molecule has 0 bridgehead atoms. The van der Waals surface area contributed by atoms with E-state index < -0.39 is 27.9 Å². The maximum absolute atomic E-state index is 12.6. The summed E-state index contributed by atoms with van der Waals surface area (Å²) in [7, 11) is 0. The van der Waals surface area contributed by atoms with Crippen LogP contribution in [-0.4, -0.2) is 11.5 Å². The van der Waals surface area contributed by atoms with Crippen molar-refractivity contribution in [2.75, 3.05) is 6.54 Å². The number of thiazole rings is 1. The maximum Gasteiger partial charge on any atom is 0.443 e. The first-order chi connectivity index (χ1) is 8.51. The zero-order chi connectivity index (χ0) is 14.8. The number of alkyl halides is 6. The molecule has 1 aromatic rings. The lowest BCUT2D eigenvalue weighted by molar-refractivity contribution is -0.147. The summed E-state index contributed by atoms with van der Waals surface area (Å²) < 4.78 is 74.9. The molecule has 1 aromatic heterocycles. The lowest BCUT2D eigenvalue weighted by atomic mass is 10.2. The second kappa shape index (κ2) is 5.66. The molecule has 0 atom stereocenters. The van der Waals surface area contributed by atoms with Crippen LogP contribution in [0.1, 0.15) is 29.4 Å². The van der Waals surface area contributed by atoms with Crippen molar-refractivity contribution in [3.05, 3.63) is 15.6 Å². The molecule has 2 nitrogen and oxygen atoms in total. The topological polar surface area (TPSA) is 24.9 Å².